The van der Waals surface area contributed by atoms with Crippen molar-refractivity contribution in [1.29, 1.82) is 0 Å². The van der Waals surface area contributed by atoms with E-state index >= 15 is 0 Å². The van der Waals surface area contributed by atoms with Crippen LogP contribution in [0.2, 0.25) is 0 Å². The molecule has 1 fully saturated rings. The largest absolute Gasteiger partial charge is 0.482 e. The topological polar surface area (TPSA) is 60.2 Å². The van der Waals surface area contributed by atoms with Gasteiger partial charge in [-0.2, -0.15) is 4.98 Å². The number of ether oxygens (including phenoxy) is 1. The third-order valence-corrected chi connectivity index (χ3v) is 3.75. The number of rotatable bonds is 2. The van der Waals surface area contributed by atoms with Crippen molar-refractivity contribution in [2.24, 2.45) is 0 Å². The van der Waals surface area contributed by atoms with Gasteiger partial charge in [-0.3, -0.25) is 0 Å². The zero-order chi connectivity index (χ0) is 12.7. The number of nitrogens with one attached hydrogen (secondary N) is 1. The molecule has 19 heavy (non-hydrogen) atoms. The van der Waals surface area contributed by atoms with E-state index in [1.54, 1.807) is 0 Å². The van der Waals surface area contributed by atoms with Crippen molar-refractivity contribution < 1.29 is 9.26 Å². The van der Waals surface area contributed by atoms with Crippen LogP contribution in [0.3, 0.4) is 0 Å². The minimum atomic E-state index is -0.115. The second-order valence-corrected chi connectivity index (χ2v) is 5.06. The molecule has 1 unspecified atom stereocenters. The first kappa shape index (κ1) is 11.0. The first-order chi connectivity index (χ1) is 9.40. The van der Waals surface area contributed by atoms with E-state index in [-0.39, 0.29) is 12.1 Å². The molecule has 3 heterocycles. The molecule has 2 atom stereocenters. The Bertz CT molecular complexity index is 565. The Morgan fingerprint density at radius 2 is 2.21 bits per heavy atom. The number of nitrogens with zero attached hydrogens (tertiary/aromatic N) is 2. The van der Waals surface area contributed by atoms with Crippen LogP contribution in [0, 0.1) is 0 Å². The van der Waals surface area contributed by atoms with Gasteiger partial charge in [0, 0.05) is 6.42 Å². The fourth-order valence-electron chi connectivity index (χ4n) is 2.74. The zero-order valence-corrected chi connectivity index (χ0v) is 10.5. The van der Waals surface area contributed by atoms with E-state index in [2.05, 4.69) is 21.5 Å². The number of hydrogen-bond donors (Lipinski definition) is 1. The maximum atomic E-state index is 5.86. The van der Waals surface area contributed by atoms with Crippen molar-refractivity contribution in [3.05, 3.63) is 41.5 Å². The van der Waals surface area contributed by atoms with Crippen LogP contribution >= 0.6 is 0 Å². The lowest BCUT2D eigenvalue weighted by atomic mass is 10.1. The second-order valence-electron chi connectivity index (χ2n) is 5.06. The van der Waals surface area contributed by atoms with Crippen LogP contribution in [-0.4, -0.2) is 16.7 Å². The van der Waals surface area contributed by atoms with E-state index in [4.69, 9.17) is 9.26 Å². The van der Waals surface area contributed by atoms with E-state index in [0.717, 1.165) is 31.6 Å². The number of aromatic nitrogens is 2. The molecule has 0 saturated carbocycles. The van der Waals surface area contributed by atoms with Gasteiger partial charge >= 0.3 is 0 Å². The van der Waals surface area contributed by atoms with Crippen LogP contribution < -0.4 is 10.1 Å². The minimum absolute atomic E-state index is 0.115. The molecular weight excluding hydrogens is 242 g/mol. The SMILES string of the molecule is c1ccc2c(c1)CC(c1noc([C@H]3CCCN3)n1)O2. The van der Waals surface area contributed by atoms with Gasteiger partial charge in [0.25, 0.3) is 0 Å². The highest BCUT2D eigenvalue weighted by atomic mass is 16.5. The predicted octanol–water partition coefficient (Wildman–Crippen LogP) is 2.17. The summed E-state index contributed by atoms with van der Waals surface area (Å²) in [5.41, 5.74) is 1.21. The Kier molecular flexibility index (Phi) is 2.51. The number of para-hydroxylation sites is 1. The van der Waals surface area contributed by atoms with Crippen LogP contribution in [0.15, 0.2) is 28.8 Å². The average Bonchev–Trinajstić information content (AvgIpc) is 3.17. The van der Waals surface area contributed by atoms with Gasteiger partial charge in [-0.25, -0.2) is 0 Å². The Balaban J connectivity index is 1.55. The molecule has 5 nitrogen and oxygen atoms in total. The molecule has 2 aliphatic rings. The molecule has 0 spiro atoms. The quantitative estimate of drug-likeness (QED) is 0.893. The van der Waals surface area contributed by atoms with Crippen molar-refractivity contribution in [2.45, 2.75) is 31.4 Å². The Hall–Kier alpha value is -1.88. The van der Waals surface area contributed by atoms with E-state index in [9.17, 15) is 0 Å². The van der Waals surface area contributed by atoms with Gasteiger partial charge in [0.2, 0.25) is 11.7 Å². The normalized spacial score (nSPS) is 25.3. The second kappa shape index (κ2) is 4.35. The molecule has 0 bridgehead atoms. The lowest BCUT2D eigenvalue weighted by molar-refractivity contribution is 0.220. The standard InChI is InChI=1S/C14H15N3O2/c1-2-6-11-9(4-1)8-12(18-11)13-16-14(19-17-13)10-5-3-7-15-10/h1-2,4,6,10,12,15H,3,5,7-8H2/t10-,12?/m1/s1. The minimum Gasteiger partial charge on any atom is -0.482 e. The Morgan fingerprint density at radius 1 is 1.26 bits per heavy atom. The van der Waals surface area contributed by atoms with E-state index < -0.39 is 0 Å². The van der Waals surface area contributed by atoms with Crippen molar-refractivity contribution in [2.75, 3.05) is 6.54 Å². The molecule has 0 aliphatic carbocycles. The summed E-state index contributed by atoms with van der Waals surface area (Å²) in [4.78, 5) is 4.49. The molecule has 2 aromatic rings. The first-order valence-electron chi connectivity index (χ1n) is 6.71. The summed E-state index contributed by atoms with van der Waals surface area (Å²) in [6.45, 7) is 1.02. The summed E-state index contributed by atoms with van der Waals surface area (Å²) >= 11 is 0. The maximum Gasteiger partial charge on any atom is 0.243 e. The van der Waals surface area contributed by atoms with Crippen molar-refractivity contribution in [1.82, 2.24) is 15.5 Å². The Morgan fingerprint density at radius 3 is 3.05 bits per heavy atom. The van der Waals surface area contributed by atoms with E-state index in [1.165, 1.54) is 5.56 Å². The fourth-order valence-corrected chi connectivity index (χ4v) is 2.74. The van der Waals surface area contributed by atoms with Crippen LogP contribution in [0.1, 0.15) is 42.3 Å². The number of benzene rings is 1. The highest BCUT2D eigenvalue weighted by Crippen LogP contribution is 2.35. The van der Waals surface area contributed by atoms with Gasteiger partial charge in [-0.05, 0) is 31.0 Å². The summed E-state index contributed by atoms with van der Waals surface area (Å²) in [5.74, 6) is 2.27. The molecule has 0 radical (unpaired) electrons. The van der Waals surface area contributed by atoms with Gasteiger partial charge in [0.15, 0.2) is 6.10 Å². The summed E-state index contributed by atoms with van der Waals surface area (Å²) in [6.07, 6.45) is 2.92. The maximum absolute atomic E-state index is 5.86. The van der Waals surface area contributed by atoms with E-state index in [0.29, 0.717) is 11.7 Å². The van der Waals surface area contributed by atoms with Crippen LogP contribution in [0.25, 0.3) is 0 Å². The van der Waals surface area contributed by atoms with Gasteiger partial charge in [-0.15, -0.1) is 0 Å². The number of hydrogen-bond acceptors (Lipinski definition) is 5. The summed E-state index contributed by atoms with van der Waals surface area (Å²) in [5, 5.41) is 7.43. The van der Waals surface area contributed by atoms with E-state index in [1.807, 2.05) is 18.2 Å². The molecule has 0 amide bonds. The molecule has 5 heteroatoms. The van der Waals surface area contributed by atoms with Crippen LogP contribution in [0.4, 0.5) is 0 Å². The summed E-state index contributed by atoms with van der Waals surface area (Å²) < 4.78 is 11.2. The fraction of sp³-hybridized carbons (Fsp3) is 0.429. The molecule has 4 rings (SSSR count). The molecule has 1 aromatic carbocycles. The van der Waals surface area contributed by atoms with Gasteiger partial charge in [0.05, 0.1) is 6.04 Å². The Labute approximate surface area is 111 Å². The third-order valence-electron chi connectivity index (χ3n) is 3.75. The third kappa shape index (κ3) is 1.90. The highest BCUT2D eigenvalue weighted by molar-refractivity contribution is 5.37. The molecule has 1 N–H and O–H groups in total. The van der Waals surface area contributed by atoms with Gasteiger partial charge in [0.1, 0.15) is 5.75 Å². The smallest absolute Gasteiger partial charge is 0.243 e. The first-order valence-corrected chi connectivity index (χ1v) is 6.71. The lowest BCUT2D eigenvalue weighted by Gasteiger charge is -2.05. The van der Waals surface area contributed by atoms with Crippen molar-refractivity contribution >= 4 is 0 Å². The summed E-state index contributed by atoms with van der Waals surface area (Å²) in [6, 6.07) is 8.27. The molecular formula is C14H15N3O2. The van der Waals surface area contributed by atoms with Crippen LogP contribution in [0.5, 0.6) is 5.75 Å². The zero-order valence-electron chi connectivity index (χ0n) is 10.5. The van der Waals surface area contributed by atoms with Crippen LogP contribution in [-0.2, 0) is 6.42 Å². The van der Waals surface area contributed by atoms with Gasteiger partial charge in [-0.1, -0.05) is 23.4 Å². The molecule has 98 valence electrons. The molecule has 1 saturated heterocycles. The van der Waals surface area contributed by atoms with Gasteiger partial charge < -0.3 is 14.6 Å². The number of fused-ring (bicyclic) bond motifs is 1. The molecule has 2 aliphatic heterocycles. The highest BCUT2D eigenvalue weighted by Gasteiger charge is 2.30. The molecule has 1 aromatic heterocycles. The predicted molar refractivity (Wildman–Crippen MR) is 67.8 cm³/mol. The lowest BCUT2D eigenvalue weighted by Crippen LogP contribution is -2.13. The monoisotopic (exact) mass is 257 g/mol. The average molecular weight is 257 g/mol. The van der Waals surface area contributed by atoms with Crippen molar-refractivity contribution in [3.8, 4) is 5.75 Å². The van der Waals surface area contributed by atoms with Crippen molar-refractivity contribution in [3.63, 3.8) is 0 Å². The summed E-state index contributed by atoms with van der Waals surface area (Å²) in [7, 11) is 0.